The number of fused-ring (bicyclic) bond motifs is 1. The van der Waals surface area contributed by atoms with Crippen molar-refractivity contribution >= 4 is 21.4 Å². The first kappa shape index (κ1) is 12.2. The van der Waals surface area contributed by atoms with Crippen molar-refractivity contribution < 1.29 is 9.47 Å². The largest absolute Gasteiger partial charge is 0.468 e. The van der Waals surface area contributed by atoms with E-state index in [-0.39, 0.29) is 6.79 Å². The standard InChI is InChI=1S/C16H14O2S/c1-17-11-18-14-8-6-12(7-9-14)16-10-13-4-2-3-5-15(13)19-16/h2-10H,11H2,1H3. The third-order valence-corrected chi connectivity index (χ3v) is 4.07. The van der Waals surface area contributed by atoms with Gasteiger partial charge in [-0.05, 0) is 47.3 Å². The Balaban J connectivity index is 1.88. The third kappa shape index (κ3) is 2.62. The average molecular weight is 270 g/mol. The lowest BCUT2D eigenvalue weighted by molar-refractivity contribution is 0.0511. The van der Waals surface area contributed by atoms with E-state index in [1.54, 1.807) is 7.11 Å². The summed E-state index contributed by atoms with van der Waals surface area (Å²) >= 11 is 1.81. The van der Waals surface area contributed by atoms with E-state index < -0.39 is 0 Å². The highest BCUT2D eigenvalue weighted by atomic mass is 32.1. The van der Waals surface area contributed by atoms with Crippen molar-refractivity contribution in [2.75, 3.05) is 13.9 Å². The molecule has 0 radical (unpaired) electrons. The topological polar surface area (TPSA) is 18.5 Å². The summed E-state index contributed by atoms with van der Waals surface area (Å²) in [6, 6.07) is 18.8. The molecule has 0 N–H and O–H groups in total. The van der Waals surface area contributed by atoms with Crippen molar-refractivity contribution in [2.24, 2.45) is 0 Å². The summed E-state index contributed by atoms with van der Waals surface area (Å²) in [7, 11) is 1.62. The minimum atomic E-state index is 0.280. The SMILES string of the molecule is COCOc1ccc(-c2cc3ccccc3s2)cc1. The second-order valence-electron chi connectivity index (χ2n) is 4.22. The Hall–Kier alpha value is -1.84. The second-order valence-corrected chi connectivity index (χ2v) is 5.31. The molecule has 0 aliphatic rings. The van der Waals surface area contributed by atoms with Gasteiger partial charge in [0.05, 0.1) is 0 Å². The van der Waals surface area contributed by atoms with Crippen LogP contribution in [0.15, 0.2) is 54.6 Å². The van der Waals surface area contributed by atoms with Gasteiger partial charge in [0.15, 0.2) is 6.79 Å². The van der Waals surface area contributed by atoms with E-state index in [0.717, 1.165) is 5.75 Å². The van der Waals surface area contributed by atoms with Crippen LogP contribution < -0.4 is 4.74 Å². The molecular formula is C16H14O2S. The molecular weight excluding hydrogens is 256 g/mol. The summed E-state index contributed by atoms with van der Waals surface area (Å²) in [6.07, 6.45) is 0. The van der Waals surface area contributed by atoms with Gasteiger partial charge < -0.3 is 9.47 Å². The normalized spacial score (nSPS) is 10.8. The van der Waals surface area contributed by atoms with Crippen molar-refractivity contribution in [1.29, 1.82) is 0 Å². The molecule has 0 fully saturated rings. The van der Waals surface area contributed by atoms with Crippen LogP contribution in [-0.4, -0.2) is 13.9 Å². The third-order valence-electron chi connectivity index (χ3n) is 2.91. The van der Waals surface area contributed by atoms with Crippen LogP contribution in [0.25, 0.3) is 20.5 Å². The summed E-state index contributed by atoms with van der Waals surface area (Å²) < 4.78 is 11.6. The number of hydrogen-bond acceptors (Lipinski definition) is 3. The van der Waals surface area contributed by atoms with E-state index in [9.17, 15) is 0 Å². The second kappa shape index (κ2) is 5.43. The van der Waals surface area contributed by atoms with Crippen LogP contribution >= 0.6 is 11.3 Å². The Morgan fingerprint density at radius 2 is 1.79 bits per heavy atom. The molecule has 0 bridgehead atoms. The van der Waals surface area contributed by atoms with Gasteiger partial charge in [-0.2, -0.15) is 0 Å². The smallest absolute Gasteiger partial charge is 0.188 e. The molecule has 0 spiro atoms. The summed E-state index contributed by atoms with van der Waals surface area (Å²) in [5, 5.41) is 1.29. The van der Waals surface area contributed by atoms with Gasteiger partial charge >= 0.3 is 0 Å². The summed E-state index contributed by atoms with van der Waals surface area (Å²) in [4.78, 5) is 1.28. The van der Waals surface area contributed by atoms with Crippen molar-refractivity contribution in [2.45, 2.75) is 0 Å². The molecule has 0 amide bonds. The Bertz CT molecular complexity index is 638. The van der Waals surface area contributed by atoms with Crippen LogP contribution in [0.2, 0.25) is 0 Å². The molecule has 0 atom stereocenters. The first-order valence-electron chi connectivity index (χ1n) is 6.07. The lowest BCUT2D eigenvalue weighted by Gasteiger charge is -2.04. The zero-order valence-electron chi connectivity index (χ0n) is 10.6. The Kier molecular flexibility index (Phi) is 3.49. The van der Waals surface area contributed by atoms with E-state index in [2.05, 4.69) is 42.5 Å². The zero-order valence-corrected chi connectivity index (χ0v) is 11.4. The van der Waals surface area contributed by atoms with Crippen molar-refractivity contribution in [3.63, 3.8) is 0 Å². The van der Waals surface area contributed by atoms with E-state index in [1.807, 2.05) is 23.5 Å². The molecule has 1 heterocycles. The molecule has 3 aromatic rings. The van der Waals surface area contributed by atoms with Gasteiger partial charge in [0.25, 0.3) is 0 Å². The van der Waals surface area contributed by atoms with Crippen LogP contribution in [-0.2, 0) is 4.74 Å². The molecule has 0 aliphatic heterocycles. The van der Waals surface area contributed by atoms with E-state index in [4.69, 9.17) is 9.47 Å². The van der Waals surface area contributed by atoms with Gasteiger partial charge in [-0.15, -0.1) is 11.3 Å². The maximum Gasteiger partial charge on any atom is 0.188 e. The highest BCUT2D eigenvalue weighted by Crippen LogP contribution is 2.33. The van der Waals surface area contributed by atoms with Gasteiger partial charge in [0, 0.05) is 16.7 Å². The minimum Gasteiger partial charge on any atom is -0.468 e. The van der Waals surface area contributed by atoms with E-state index in [0.29, 0.717) is 0 Å². The lowest BCUT2D eigenvalue weighted by Crippen LogP contribution is -1.98. The van der Waals surface area contributed by atoms with Crippen LogP contribution in [0.5, 0.6) is 5.75 Å². The summed E-state index contributed by atoms with van der Waals surface area (Å²) in [6.45, 7) is 0.280. The molecule has 2 aromatic carbocycles. The first-order chi connectivity index (χ1) is 9.36. The molecule has 96 valence electrons. The Morgan fingerprint density at radius 1 is 1.00 bits per heavy atom. The molecule has 3 rings (SSSR count). The molecule has 0 saturated heterocycles. The highest BCUT2D eigenvalue weighted by Gasteiger charge is 2.04. The van der Waals surface area contributed by atoms with Crippen LogP contribution in [0.1, 0.15) is 0 Å². The van der Waals surface area contributed by atoms with Crippen LogP contribution in [0.4, 0.5) is 0 Å². The van der Waals surface area contributed by atoms with Crippen molar-refractivity contribution in [3.05, 3.63) is 54.6 Å². The van der Waals surface area contributed by atoms with Gasteiger partial charge in [-0.1, -0.05) is 18.2 Å². The molecule has 0 saturated carbocycles. The minimum absolute atomic E-state index is 0.280. The molecule has 1 aromatic heterocycles. The number of thiophene rings is 1. The number of ether oxygens (including phenoxy) is 2. The molecule has 0 aliphatic carbocycles. The predicted octanol–water partition coefficient (Wildman–Crippen LogP) is 4.55. The van der Waals surface area contributed by atoms with Crippen LogP contribution in [0.3, 0.4) is 0 Å². The average Bonchev–Trinajstić information content (AvgIpc) is 2.89. The van der Waals surface area contributed by atoms with Gasteiger partial charge in [-0.25, -0.2) is 0 Å². The first-order valence-corrected chi connectivity index (χ1v) is 6.89. The fraction of sp³-hybridized carbons (Fsp3) is 0.125. The quantitative estimate of drug-likeness (QED) is 0.647. The van der Waals surface area contributed by atoms with Gasteiger partial charge in [0.1, 0.15) is 5.75 Å². The van der Waals surface area contributed by atoms with Gasteiger partial charge in [-0.3, -0.25) is 0 Å². The summed E-state index contributed by atoms with van der Waals surface area (Å²) in [5.41, 5.74) is 1.21. The lowest BCUT2D eigenvalue weighted by atomic mass is 10.1. The number of hydrogen-bond donors (Lipinski definition) is 0. The molecule has 0 unspecified atom stereocenters. The highest BCUT2D eigenvalue weighted by molar-refractivity contribution is 7.22. The number of methoxy groups -OCH3 is 1. The summed E-state index contributed by atoms with van der Waals surface area (Å²) in [5.74, 6) is 0.826. The van der Waals surface area contributed by atoms with E-state index >= 15 is 0 Å². The fourth-order valence-electron chi connectivity index (χ4n) is 1.97. The van der Waals surface area contributed by atoms with Gasteiger partial charge in [0.2, 0.25) is 0 Å². The maximum absolute atomic E-state index is 5.39. The fourth-order valence-corrected chi connectivity index (χ4v) is 3.03. The Labute approximate surface area is 116 Å². The molecule has 3 heteroatoms. The predicted molar refractivity (Wildman–Crippen MR) is 79.8 cm³/mol. The zero-order chi connectivity index (χ0) is 13.1. The molecule has 19 heavy (non-hydrogen) atoms. The van der Waals surface area contributed by atoms with Crippen LogP contribution in [0, 0.1) is 0 Å². The Morgan fingerprint density at radius 3 is 2.53 bits per heavy atom. The van der Waals surface area contributed by atoms with E-state index in [1.165, 1.54) is 20.5 Å². The molecule has 2 nitrogen and oxygen atoms in total. The number of benzene rings is 2. The van der Waals surface area contributed by atoms with Crippen molar-refractivity contribution in [3.8, 4) is 16.2 Å². The maximum atomic E-state index is 5.39. The monoisotopic (exact) mass is 270 g/mol. The van der Waals surface area contributed by atoms with Crippen molar-refractivity contribution in [1.82, 2.24) is 0 Å². The number of rotatable bonds is 4.